The molecule has 0 radical (unpaired) electrons. The summed E-state index contributed by atoms with van der Waals surface area (Å²) in [5, 5.41) is 5.80. The van der Waals surface area contributed by atoms with Crippen molar-refractivity contribution in [2.24, 2.45) is 0 Å². The number of methoxy groups -OCH3 is 1. The molecule has 0 spiro atoms. The number of nitrogens with one attached hydrogen (secondary N) is 2. The Morgan fingerprint density at radius 3 is 2.69 bits per heavy atom. The molecule has 0 atom stereocenters. The van der Waals surface area contributed by atoms with E-state index in [0.29, 0.717) is 18.9 Å². The Morgan fingerprint density at radius 2 is 1.84 bits per heavy atom. The zero-order valence-electron chi connectivity index (χ0n) is 17.7. The van der Waals surface area contributed by atoms with E-state index < -0.39 is 0 Å². The Bertz CT molecular complexity index is 1260. The summed E-state index contributed by atoms with van der Waals surface area (Å²) in [5.74, 6) is 1.33. The Kier molecular flexibility index (Phi) is 5.34. The van der Waals surface area contributed by atoms with Crippen LogP contribution in [0, 0.1) is 0 Å². The SMILES string of the molecule is COc1ccc(-c2nc(CCNC(=O)Nc3ccc4c(c3)Cc3ccccc3-4)co2)cc1. The molecule has 5 rings (SSSR count). The van der Waals surface area contributed by atoms with Gasteiger partial charge in [-0.05, 0) is 65.1 Å². The molecule has 6 heteroatoms. The molecule has 1 heterocycles. The number of fused-ring (bicyclic) bond motifs is 3. The number of urea groups is 1. The number of anilines is 1. The minimum atomic E-state index is -0.237. The fraction of sp³-hybridized carbons (Fsp3) is 0.154. The first-order chi connectivity index (χ1) is 15.7. The smallest absolute Gasteiger partial charge is 0.319 e. The largest absolute Gasteiger partial charge is 0.497 e. The number of oxazole rings is 1. The highest BCUT2D eigenvalue weighted by atomic mass is 16.5. The van der Waals surface area contributed by atoms with E-state index in [0.717, 1.165) is 29.1 Å². The van der Waals surface area contributed by atoms with Crippen LogP contribution in [-0.2, 0) is 12.8 Å². The normalized spacial score (nSPS) is 11.5. The number of nitrogens with zero attached hydrogens (tertiary/aromatic N) is 1. The molecule has 1 aliphatic carbocycles. The van der Waals surface area contributed by atoms with Gasteiger partial charge in [0.1, 0.15) is 12.0 Å². The molecule has 4 aromatic rings. The quantitative estimate of drug-likeness (QED) is 0.388. The number of carbonyl (C=O) groups excluding carboxylic acids is 1. The van der Waals surface area contributed by atoms with E-state index in [9.17, 15) is 4.79 Å². The van der Waals surface area contributed by atoms with E-state index in [2.05, 4.69) is 45.9 Å². The second kappa shape index (κ2) is 8.59. The molecule has 1 aliphatic rings. The molecule has 6 nitrogen and oxygen atoms in total. The van der Waals surface area contributed by atoms with E-state index >= 15 is 0 Å². The van der Waals surface area contributed by atoms with Crippen molar-refractivity contribution in [1.29, 1.82) is 0 Å². The minimum absolute atomic E-state index is 0.237. The molecule has 0 saturated heterocycles. The summed E-state index contributed by atoms with van der Waals surface area (Å²) in [6.45, 7) is 0.455. The highest BCUT2D eigenvalue weighted by Crippen LogP contribution is 2.37. The second-order valence-electron chi connectivity index (χ2n) is 7.71. The van der Waals surface area contributed by atoms with Gasteiger partial charge in [0.2, 0.25) is 5.89 Å². The zero-order valence-corrected chi connectivity index (χ0v) is 17.7. The number of amides is 2. The standard InChI is InChI=1S/C26H23N3O3/c1-31-22-9-6-17(7-10-22)25-28-21(16-32-25)12-13-27-26(30)29-20-8-11-24-19(15-20)14-18-4-2-3-5-23(18)24/h2-11,15-16H,12-14H2,1H3,(H2,27,29,30). The number of hydrogen-bond acceptors (Lipinski definition) is 4. The van der Waals surface area contributed by atoms with Crippen LogP contribution in [0.2, 0.25) is 0 Å². The van der Waals surface area contributed by atoms with Crippen LogP contribution in [-0.4, -0.2) is 24.7 Å². The Labute approximate surface area is 186 Å². The van der Waals surface area contributed by atoms with Gasteiger partial charge in [0.25, 0.3) is 0 Å². The van der Waals surface area contributed by atoms with Crippen LogP contribution in [0.15, 0.2) is 77.4 Å². The number of carbonyl (C=O) groups is 1. The van der Waals surface area contributed by atoms with Gasteiger partial charge in [-0.1, -0.05) is 30.3 Å². The maximum absolute atomic E-state index is 12.3. The summed E-state index contributed by atoms with van der Waals surface area (Å²) in [6.07, 6.45) is 3.09. The molecule has 0 fully saturated rings. The van der Waals surface area contributed by atoms with E-state index in [1.54, 1.807) is 13.4 Å². The summed E-state index contributed by atoms with van der Waals surface area (Å²) < 4.78 is 10.7. The molecular weight excluding hydrogens is 402 g/mol. The van der Waals surface area contributed by atoms with Crippen molar-refractivity contribution in [1.82, 2.24) is 10.3 Å². The predicted octanol–water partition coefficient (Wildman–Crippen LogP) is 5.29. The van der Waals surface area contributed by atoms with Crippen molar-refractivity contribution >= 4 is 11.7 Å². The molecular formula is C26H23N3O3. The summed E-state index contributed by atoms with van der Waals surface area (Å²) >= 11 is 0. The highest BCUT2D eigenvalue weighted by Gasteiger charge is 2.18. The van der Waals surface area contributed by atoms with E-state index in [1.807, 2.05) is 36.4 Å². The molecule has 0 bridgehead atoms. The van der Waals surface area contributed by atoms with Gasteiger partial charge in [-0.15, -0.1) is 0 Å². The summed E-state index contributed by atoms with van der Waals surface area (Å²) in [6, 6.07) is 21.8. The summed E-state index contributed by atoms with van der Waals surface area (Å²) in [4.78, 5) is 16.8. The van der Waals surface area contributed by atoms with Gasteiger partial charge in [-0.25, -0.2) is 9.78 Å². The number of benzene rings is 3. The highest BCUT2D eigenvalue weighted by molar-refractivity contribution is 5.90. The fourth-order valence-corrected chi connectivity index (χ4v) is 3.99. The molecule has 2 N–H and O–H groups in total. The van der Waals surface area contributed by atoms with Crippen molar-refractivity contribution in [3.63, 3.8) is 0 Å². The van der Waals surface area contributed by atoms with Gasteiger partial charge in [0, 0.05) is 24.2 Å². The molecule has 32 heavy (non-hydrogen) atoms. The van der Waals surface area contributed by atoms with Gasteiger partial charge < -0.3 is 19.8 Å². The Morgan fingerprint density at radius 1 is 1.03 bits per heavy atom. The van der Waals surface area contributed by atoms with E-state index in [4.69, 9.17) is 9.15 Å². The van der Waals surface area contributed by atoms with Crippen LogP contribution in [0.3, 0.4) is 0 Å². The van der Waals surface area contributed by atoms with Gasteiger partial charge in [0.05, 0.1) is 12.8 Å². The van der Waals surface area contributed by atoms with E-state index in [-0.39, 0.29) is 6.03 Å². The Balaban J connectivity index is 1.14. The minimum Gasteiger partial charge on any atom is -0.497 e. The third kappa shape index (κ3) is 4.07. The molecule has 3 aromatic carbocycles. The van der Waals surface area contributed by atoms with Crippen molar-refractivity contribution in [2.45, 2.75) is 12.8 Å². The second-order valence-corrected chi connectivity index (χ2v) is 7.71. The summed E-state index contributed by atoms with van der Waals surface area (Å²) in [7, 11) is 1.63. The maximum atomic E-state index is 12.3. The lowest BCUT2D eigenvalue weighted by atomic mass is 10.1. The van der Waals surface area contributed by atoms with Crippen LogP contribution >= 0.6 is 0 Å². The summed E-state index contributed by atoms with van der Waals surface area (Å²) in [5.41, 5.74) is 7.53. The van der Waals surface area contributed by atoms with Crippen molar-refractivity contribution in [3.8, 4) is 28.3 Å². The van der Waals surface area contributed by atoms with Crippen LogP contribution < -0.4 is 15.4 Å². The van der Waals surface area contributed by atoms with Gasteiger partial charge in [-0.2, -0.15) is 0 Å². The lowest BCUT2D eigenvalue weighted by Crippen LogP contribution is -2.30. The molecule has 0 saturated carbocycles. The van der Waals surface area contributed by atoms with Gasteiger partial charge >= 0.3 is 6.03 Å². The van der Waals surface area contributed by atoms with Crippen molar-refractivity contribution < 1.29 is 13.9 Å². The van der Waals surface area contributed by atoms with Gasteiger partial charge in [-0.3, -0.25) is 0 Å². The molecule has 0 unspecified atom stereocenters. The number of rotatable bonds is 6. The molecule has 160 valence electrons. The van der Waals surface area contributed by atoms with Crippen LogP contribution in [0.25, 0.3) is 22.6 Å². The van der Waals surface area contributed by atoms with E-state index in [1.165, 1.54) is 22.3 Å². The third-order valence-corrected chi connectivity index (χ3v) is 5.61. The molecule has 2 amide bonds. The third-order valence-electron chi connectivity index (χ3n) is 5.61. The van der Waals surface area contributed by atoms with Crippen LogP contribution in [0.4, 0.5) is 10.5 Å². The van der Waals surface area contributed by atoms with Crippen molar-refractivity contribution in [2.75, 3.05) is 19.0 Å². The predicted molar refractivity (Wildman–Crippen MR) is 124 cm³/mol. The first-order valence-electron chi connectivity index (χ1n) is 10.5. The molecule has 0 aliphatic heterocycles. The topological polar surface area (TPSA) is 76.4 Å². The average molecular weight is 425 g/mol. The number of aromatic nitrogens is 1. The average Bonchev–Trinajstić information content (AvgIpc) is 3.43. The lowest BCUT2D eigenvalue weighted by Gasteiger charge is -2.09. The first-order valence-corrected chi connectivity index (χ1v) is 10.5. The molecule has 1 aromatic heterocycles. The van der Waals surface area contributed by atoms with Crippen LogP contribution in [0.5, 0.6) is 5.75 Å². The van der Waals surface area contributed by atoms with Crippen LogP contribution in [0.1, 0.15) is 16.8 Å². The fourth-order valence-electron chi connectivity index (χ4n) is 3.99. The monoisotopic (exact) mass is 425 g/mol. The van der Waals surface area contributed by atoms with Gasteiger partial charge in [0.15, 0.2) is 0 Å². The Hall–Kier alpha value is -4.06. The number of ether oxygens (including phenoxy) is 1. The lowest BCUT2D eigenvalue weighted by molar-refractivity contribution is 0.252. The first kappa shape index (κ1) is 19.9. The maximum Gasteiger partial charge on any atom is 0.319 e. The number of hydrogen-bond donors (Lipinski definition) is 2. The van der Waals surface area contributed by atoms with Crippen molar-refractivity contribution in [3.05, 3.63) is 89.8 Å². The zero-order chi connectivity index (χ0) is 21.9.